The predicted octanol–water partition coefficient (Wildman–Crippen LogP) is 1.47. The van der Waals surface area contributed by atoms with Gasteiger partial charge in [-0.1, -0.05) is 13.8 Å². The van der Waals surface area contributed by atoms with E-state index in [1.54, 1.807) is 6.20 Å². The van der Waals surface area contributed by atoms with Gasteiger partial charge in [-0.05, 0) is 18.6 Å². The second-order valence-corrected chi connectivity index (χ2v) is 3.53. The van der Waals surface area contributed by atoms with Crippen LogP contribution in [0.5, 0.6) is 0 Å². The average molecular weight is 179 g/mol. The Morgan fingerprint density at radius 3 is 2.77 bits per heavy atom. The van der Waals surface area contributed by atoms with Crippen molar-refractivity contribution in [3.63, 3.8) is 0 Å². The van der Waals surface area contributed by atoms with Gasteiger partial charge < -0.3 is 11.1 Å². The van der Waals surface area contributed by atoms with Crippen molar-refractivity contribution >= 4 is 5.82 Å². The Bertz CT molecular complexity index is 261. The highest BCUT2D eigenvalue weighted by molar-refractivity contribution is 5.43. The maximum Gasteiger partial charge on any atom is 0.128 e. The number of pyridine rings is 1. The Morgan fingerprint density at radius 1 is 1.54 bits per heavy atom. The molecule has 3 heteroatoms. The molecular formula is C10H17N3. The third-order valence-electron chi connectivity index (χ3n) is 2.01. The van der Waals surface area contributed by atoms with Gasteiger partial charge >= 0.3 is 0 Å². The number of nitrogens with zero attached hydrogens (tertiary/aromatic N) is 1. The number of nitrogen functional groups attached to an aromatic ring is 1. The molecule has 13 heavy (non-hydrogen) atoms. The van der Waals surface area contributed by atoms with Crippen LogP contribution in [0.25, 0.3) is 0 Å². The summed E-state index contributed by atoms with van der Waals surface area (Å²) in [7, 11) is 0. The third-order valence-corrected chi connectivity index (χ3v) is 2.01. The van der Waals surface area contributed by atoms with E-state index in [1.807, 2.05) is 6.07 Å². The molecule has 0 spiro atoms. The van der Waals surface area contributed by atoms with Gasteiger partial charge in [-0.25, -0.2) is 4.98 Å². The first-order valence-corrected chi connectivity index (χ1v) is 4.54. The maximum absolute atomic E-state index is 5.76. The molecule has 0 bridgehead atoms. The van der Waals surface area contributed by atoms with E-state index in [-0.39, 0.29) is 0 Å². The molecule has 0 unspecified atom stereocenters. The van der Waals surface area contributed by atoms with E-state index in [1.165, 1.54) is 5.56 Å². The van der Waals surface area contributed by atoms with Crippen LogP contribution in [0, 0.1) is 6.92 Å². The summed E-state index contributed by atoms with van der Waals surface area (Å²) in [6.07, 6.45) is 1.74. The van der Waals surface area contributed by atoms with Crippen molar-refractivity contribution in [1.29, 1.82) is 0 Å². The van der Waals surface area contributed by atoms with Gasteiger partial charge in [0.05, 0.1) is 0 Å². The molecule has 0 amide bonds. The van der Waals surface area contributed by atoms with E-state index in [2.05, 4.69) is 31.1 Å². The first-order chi connectivity index (χ1) is 6.11. The lowest BCUT2D eigenvalue weighted by Crippen LogP contribution is -2.23. The van der Waals surface area contributed by atoms with Gasteiger partial charge in [0.15, 0.2) is 0 Å². The van der Waals surface area contributed by atoms with Crippen LogP contribution in [0.2, 0.25) is 0 Å². The number of nitrogens with one attached hydrogen (secondary N) is 1. The first-order valence-electron chi connectivity index (χ1n) is 4.54. The smallest absolute Gasteiger partial charge is 0.128 e. The monoisotopic (exact) mass is 179 g/mol. The summed E-state index contributed by atoms with van der Waals surface area (Å²) in [6, 6.07) is 2.45. The van der Waals surface area contributed by atoms with Crippen LogP contribution in [0.15, 0.2) is 12.3 Å². The molecule has 0 atom stereocenters. The summed E-state index contributed by atoms with van der Waals surface area (Å²) in [5.41, 5.74) is 8.06. The number of hydrogen-bond donors (Lipinski definition) is 2. The second kappa shape index (κ2) is 4.23. The Hall–Kier alpha value is -1.09. The molecule has 3 nitrogen and oxygen atoms in total. The topological polar surface area (TPSA) is 50.9 Å². The number of rotatable bonds is 3. The minimum absolute atomic E-state index is 0.471. The Labute approximate surface area is 79.4 Å². The highest BCUT2D eigenvalue weighted by Gasteiger charge is 2.03. The molecule has 1 aromatic rings. The van der Waals surface area contributed by atoms with E-state index >= 15 is 0 Å². The van der Waals surface area contributed by atoms with Gasteiger partial charge in [-0.3, -0.25) is 0 Å². The molecule has 3 N–H and O–H groups in total. The van der Waals surface area contributed by atoms with Gasteiger partial charge in [-0.2, -0.15) is 0 Å². The number of hydrogen-bond acceptors (Lipinski definition) is 3. The number of anilines is 1. The zero-order valence-electron chi connectivity index (χ0n) is 8.46. The van der Waals surface area contributed by atoms with Crippen molar-refractivity contribution in [2.24, 2.45) is 0 Å². The van der Waals surface area contributed by atoms with Gasteiger partial charge in [0.2, 0.25) is 0 Å². The lowest BCUT2D eigenvalue weighted by Gasteiger charge is -2.11. The van der Waals surface area contributed by atoms with Gasteiger partial charge in [0.25, 0.3) is 0 Å². The quantitative estimate of drug-likeness (QED) is 0.738. The summed E-state index contributed by atoms with van der Waals surface area (Å²) >= 11 is 0. The van der Waals surface area contributed by atoms with Crippen molar-refractivity contribution in [3.05, 3.63) is 23.4 Å². The first kappa shape index (κ1) is 9.99. The van der Waals surface area contributed by atoms with Crippen LogP contribution < -0.4 is 11.1 Å². The zero-order chi connectivity index (χ0) is 9.84. The van der Waals surface area contributed by atoms with Crippen molar-refractivity contribution in [2.75, 3.05) is 5.73 Å². The van der Waals surface area contributed by atoms with Crippen molar-refractivity contribution in [1.82, 2.24) is 10.3 Å². The molecule has 0 saturated heterocycles. The lowest BCUT2D eigenvalue weighted by atomic mass is 10.1. The van der Waals surface area contributed by atoms with Gasteiger partial charge in [0.1, 0.15) is 5.82 Å². The van der Waals surface area contributed by atoms with Crippen LogP contribution in [-0.2, 0) is 6.54 Å². The van der Waals surface area contributed by atoms with Crippen molar-refractivity contribution in [3.8, 4) is 0 Å². The molecule has 1 aromatic heterocycles. The van der Waals surface area contributed by atoms with E-state index in [9.17, 15) is 0 Å². The van der Waals surface area contributed by atoms with E-state index in [4.69, 9.17) is 5.73 Å². The molecule has 0 aromatic carbocycles. The number of aryl methyl sites for hydroxylation is 1. The fourth-order valence-electron chi connectivity index (χ4n) is 1.15. The maximum atomic E-state index is 5.76. The summed E-state index contributed by atoms with van der Waals surface area (Å²) in [5, 5.41) is 3.32. The second-order valence-electron chi connectivity index (χ2n) is 3.53. The Balaban J connectivity index is 2.75. The molecule has 0 fully saturated rings. The number of aromatic nitrogens is 1. The Kier molecular flexibility index (Phi) is 3.25. The normalized spacial score (nSPS) is 10.8. The van der Waals surface area contributed by atoms with Crippen LogP contribution in [0.1, 0.15) is 25.0 Å². The molecule has 0 aliphatic carbocycles. The van der Waals surface area contributed by atoms with Crippen LogP contribution >= 0.6 is 0 Å². The molecule has 1 heterocycles. The lowest BCUT2D eigenvalue weighted by molar-refractivity contribution is 0.587. The third kappa shape index (κ3) is 2.70. The summed E-state index contributed by atoms with van der Waals surface area (Å²) in [6.45, 7) is 7.07. The van der Waals surface area contributed by atoms with Crippen molar-refractivity contribution in [2.45, 2.75) is 33.4 Å². The minimum atomic E-state index is 0.471. The van der Waals surface area contributed by atoms with Crippen LogP contribution in [0.3, 0.4) is 0 Å². The largest absolute Gasteiger partial charge is 0.383 e. The molecule has 0 saturated carbocycles. The summed E-state index contributed by atoms with van der Waals surface area (Å²) < 4.78 is 0. The molecular weight excluding hydrogens is 162 g/mol. The van der Waals surface area contributed by atoms with Gasteiger partial charge in [-0.15, -0.1) is 0 Å². The molecule has 0 radical (unpaired) electrons. The summed E-state index contributed by atoms with van der Waals surface area (Å²) in [4.78, 5) is 4.06. The standard InChI is InChI=1S/C10H17N3/c1-7(2)13-6-9-8(3)4-5-12-10(9)11/h4-5,7,13H,6H2,1-3H3,(H2,11,12). The molecule has 72 valence electrons. The van der Waals surface area contributed by atoms with E-state index in [0.29, 0.717) is 11.9 Å². The van der Waals surface area contributed by atoms with Crippen LogP contribution in [-0.4, -0.2) is 11.0 Å². The highest BCUT2D eigenvalue weighted by atomic mass is 14.9. The van der Waals surface area contributed by atoms with Crippen molar-refractivity contribution < 1.29 is 0 Å². The SMILES string of the molecule is Cc1ccnc(N)c1CNC(C)C. The number of nitrogens with two attached hydrogens (primary N) is 1. The average Bonchev–Trinajstić information content (AvgIpc) is 2.03. The molecule has 0 aliphatic rings. The predicted molar refractivity (Wildman–Crippen MR) is 55.4 cm³/mol. The van der Waals surface area contributed by atoms with E-state index < -0.39 is 0 Å². The fourth-order valence-corrected chi connectivity index (χ4v) is 1.15. The van der Waals surface area contributed by atoms with E-state index in [0.717, 1.165) is 12.1 Å². The van der Waals surface area contributed by atoms with Crippen LogP contribution in [0.4, 0.5) is 5.82 Å². The summed E-state index contributed by atoms with van der Waals surface area (Å²) in [5.74, 6) is 0.633. The fraction of sp³-hybridized carbons (Fsp3) is 0.500. The Morgan fingerprint density at radius 2 is 2.23 bits per heavy atom. The molecule has 1 rings (SSSR count). The highest BCUT2D eigenvalue weighted by Crippen LogP contribution is 2.12. The van der Waals surface area contributed by atoms with Gasteiger partial charge in [0, 0.05) is 24.3 Å². The zero-order valence-corrected chi connectivity index (χ0v) is 8.46. The molecule has 0 aliphatic heterocycles. The minimum Gasteiger partial charge on any atom is -0.383 e.